The van der Waals surface area contributed by atoms with Crippen LogP contribution in [0, 0.1) is 5.92 Å². The number of urea groups is 1. The van der Waals surface area contributed by atoms with Crippen molar-refractivity contribution in [3.05, 3.63) is 29.8 Å². The third-order valence-electron chi connectivity index (χ3n) is 6.85. The summed E-state index contributed by atoms with van der Waals surface area (Å²) in [5, 5.41) is 10.3. The molecule has 8 amide bonds. The van der Waals surface area contributed by atoms with Gasteiger partial charge in [-0.25, -0.2) is 14.4 Å². The summed E-state index contributed by atoms with van der Waals surface area (Å²) in [4.78, 5) is 87.3. The molecule has 6 N–H and O–H groups in total. The highest BCUT2D eigenvalue weighted by molar-refractivity contribution is 6.02. The molecule has 1 aliphatic heterocycles. The summed E-state index contributed by atoms with van der Waals surface area (Å²) < 4.78 is 15.6. The van der Waals surface area contributed by atoms with Gasteiger partial charge in [-0.05, 0) is 36.5 Å². The zero-order valence-corrected chi connectivity index (χ0v) is 27.2. The van der Waals surface area contributed by atoms with Crippen LogP contribution in [0.25, 0.3) is 0 Å². The average molecular weight is 664 g/mol. The Morgan fingerprint density at radius 2 is 1.57 bits per heavy atom. The van der Waals surface area contributed by atoms with Gasteiger partial charge in [0.1, 0.15) is 25.3 Å². The van der Waals surface area contributed by atoms with Gasteiger partial charge in [0.05, 0.1) is 19.8 Å². The van der Waals surface area contributed by atoms with Crippen LogP contribution in [0.5, 0.6) is 0 Å². The van der Waals surface area contributed by atoms with E-state index in [-0.39, 0.29) is 76.5 Å². The molecule has 2 rings (SSSR count). The molecule has 2 atom stereocenters. The topological polar surface area (TPSA) is 228 Å². The number of imide groups is 1. The van der Waals surface area contributed by atoms with Crippen LogP contribution >= 0.6 is 0 Å². The number of carbonyl (C=O) groups is 7. The van der Waals surface area contributed by atoms with Gasteiger partial charge >= 0.3 is 18.2 Å². The molecule has 1 fully saturated rings. The maximum absolute atomic E-state index is 13.3. The van der Waals surface area contributed by atoms with Crippen LogP contribution in [0.3, 0.4) is 0 Å². The Bertz CT molecular complexity index is 1240. The maximum Gasteiger partial charge on any atom is 0.409 e. The van der Waals surface area contributed by atoms with Crippen LogP contribution in [0.2, 0.25) is 0 Å². The highest BCUT2D eigenvalue weighted by Gasteiger charge is 2.30. The number of likely N-dealkylation sites (tertiary alicyclic amines) is 1. The number of amides is 8. The highest BCUT2D eigenvalue weighted by Crippen LogP contribution is 2.13. The number of ether oxygens (including phenoxy) is 3. The predicted molar refractivity (Wildman–Crippen MR) is 168 cm³/mol. The van der Waals surface area contributed by atoms with Gasteiger partial charge in [0.25, 0.3) is 0 Å². The summed E-state index contributed by atoms with van der Waals surface area (Å²) in [6, 6.07) is 3.76. The number of nitrogens with zero attached hydrogens (tertiary/aromatic N) is 2. The van der Waals surface area contributed by atoms with Gasteiger partial charge in [-0.15, -0.1) is 0 Å². The number of anilines is 1. The molecule has 0 bridgehead atoms. The van der Waals surface area contributed by atoms with E-state index >= 15 is 0 Å². The molecule has 1 heterocycles. The van der Waals surface area contributed by atoms with Gasteiger partial charge in [-0.1, -0.05) is 26.0 Å². The summed E-state index contributed by atoms with van der Waals surface area (Å²) in [5.74, 6) is -2.05. The Hall–Kier alpha value is -4.93. The Labute approximate surface area is 273 Å². The molecule has 0 spiro atoms. The van der Waals surface area contributed by atoms with E-state index < -0.39 is 42.1 Å². The first-order valence-corrected chi connectivity index (χ1v) is 15.2. The summed E-state index contributed by atoms with van der Waals surface area (Å²) in [6.45, 7) is 3.69. The van der Waals surface area contributed by atoms with Crippen LogP contribution < -0.4 is 27.0 Å². The molecule has 0 unspecified atom stereocenters. The normalized spacial score (nSPS) is 13.9. The second-order valence-corrected chi connectivity index (χ2v) is 11.2. The second kappa shape index (κ2) is 19.6. The maximum atomic E-state index is 13.3. The van der Waals surface area contributed by atoms with Crippen LogP contribution in [-0.2, 0) is 40.0 Å². The molecule has 17 heteroatoms. The molecule has 0 aromatic heterocycles. The van der Waals surface area contributed by atoms with Crippen molar-refractivity contribution in [1.29, 1.82) is 0 Å². The smallest absolute Gasteiger partial charge is 0.409 e. The monoisotopic (exact) mass is 663 g/mol. The molecule has 47 heavy (non-hydrogen) atoms. The van der Waals surface area contributed by atoms with Crippen molar-refractivity contribution in [2.75, 3.05) is 52.3 Å². The number of primary amides is 1. The largest absolute Gasteiger partial charge is 0.447 e. The number of carbonyl (C=O) groups excluding carboxylic acids is 7. The summed E-state index contributed by atoms with van der Waals surface area (Å²) in [6.07, 6.45) is -0.549. The third kappa shape index (κ3) is 13.9. The number of hydrogen-bond donors (Lipinski definition) is 5. The minimum absolute atomic E-state index is 0.00593. The Morgan fingerprint density at radius 3 is 2.17 bits per heavy atom. The highest BCUT2D eigenvalue weighted by atomic mass is 16.6. The molecule has 17 nitrogen and oxygen atoms in total. The van der Waals surface area contributed by atoms with E-state index in [4.69, 9.17) is 19.9 Å². The van der Waals surface area contributed by atoms with Crippen molar-refractivity contribution in [3.8, 4) is 0 Å². The fourth-order valence-corrected chi connectivity index (χ4v) is 4.26. The second-order valence-electron chi connectivity index (χ2n) is 11.2. The van der Waals surface area contributed by atoms with E-state index in [0.717, 1.165) is 4.90 Å². The average Bonchev–Trinajstić information content (AvgIpc) is 3.34. The molecule has 0 aliphatic carbocycles. The number of benzene rings is 1. The molecule has 1 aromatic rings. The van der Waals surface area contributed by atoms with Crippen LogP contribution in [-0.4, -0.2) is 111 Å². The standard InChI is InChI=1S/C30H45N7O10/c1-19(2)25(35-29(43)46-17-16-45-15-14-37-23(38)11-12-24(37)39)27(41)34-22(6-5-13-32-28(31)42)26(40)33-21-9-7-20(8-10-21)18-47-30(44)36(3)4/h7-10,19,22,25H,5-6,11-18H2,1-4H3,(H,33,40)(H,34,41)(H,35,43)(H3,31,32,42)/t22-,25-/m0/s1. The SMILES string of the molecule is CC(C)[C@H](NC(=O)OCCOCCN1C(=O)CCC1=O)C(=O)N[C@@H](CCCNC(N)=O)C(=O)Nc1ccc(COC(=O)N(C)C)cc1. The molecule has 1 aliphatic rings. The number of nitrogens with two attached hydrogens (primary N) is 1. The molecule has 1 saturated heterocycles. The number of alkyl carbamates (subject to hydrolysis) is 1. The molecular formula is C30H45N7O10. The molecule has 0 radical (unpaired) electrons. The summed E-state index contributed by atoms with van der Waals surface area (Å²) in [7, 11) is 3.13. The zero-order chi connectivity index (χ0) is 34.9. The van der Waals surface area contributed by atoms with Crippen molar-refractivity contribution in [3.63, 3.8) is 0 Å². The lowest BCUT2D eigenvalue weighted by atomic mass is 10.0. The van der Waals surface area contributed by atoms with Crippen LogP contribution in [0.4, 0.5) is 20.1 Å². The fourth-order valence-electron chi connectivity index (χ4n) is 4.26. The lowest BCUT2D eigenvalue weighted by Crippen LogP contribution is -2.54. The van der Waals surface area contributed by atoms with Gasteiger partial charge < -0.3 is 46.1 Å². The molecule has 0 saturated carbocycles. The minimum atomic E-state index is -1.06. The number of nitrogens with one attached hydrogen (secondary N) is 4. The third-order valence-corrected chi connectivity index (χ3v) is 6.85. The summed E-state index contributed by atoms with van der Waals surface area (Å²) in [5.41, 5.74) is 6.24. The van der Waals surface area contributed by atoms with Gasteiger partial charge in [0.15, 0.2) is 0 Å². The molecule has 260 valence electrons. The van der Waals surface area contributed by atoms with Gasteiger partial charge in [-0.2, -0.15) is 0 Å². The quantitative estimate of drug-likeness (QED) is 0.109. The first-order valence-electron chi connectivity index (χ1n) is 15.2. The van der Waals surface area contributed by atoms with Gasteiger partial charge in [0, 0.05) is 39.2 Å². The van der Waals surface area contributed by atoms with Crippen molar-refractivity contribution in [1.82, 2.24) is 25.8 Å². The Morgan fingerprint density at radius 1 is 0.915 bits per heavy atom. The zero-order valence-electron chi connectivity index (χ0n) is 27.2. The van der Waals surface area contributed by atoms with Crippen molar-refractivity contribution in [2.24, 2.45) is 11.7 Å². The van der Waals surface area contributed by atoms with E-state index in [2.05, 4.69) is 21.3 Å². The minimum Gasteiger partial charge on any atom is -0.447 e. The van der Waals surface area contributed by atoms with Crippen LogP contribution in [0.15, 0.2) is 24.3 Å². The first-order chi connectivity index (χ1) is 22.3. The summed E-state index contributed by atoms with van der Waals surface area (Å²) >= 11 is 0. The predicted octanol–water partition coefficient (Wildman–Crippen LogP) is 0.673. The van der Waals surface area contributed by atoms with E-state index in [1.165, 1.54) is 4.90 Å². The fraction of sp³-hybridized carbons (Fsp3) is 0.567. The first kappa shape index (κ1) is 38.3. The number of hydrogen-bond acceptors (Lipinski definition) is 10. The van der Waals surface area contributed by atoms with E-state index in [1.54, 1.807) is 52.2 Å². The van der Waals surface area contributed by atoms with Gasteiger partial charge in [0.2, 0.25) is 23.6 Å². The lowest BCUT2D eigenvalue weighted by molar-refractivity contribution is -0.139. The van der Waals surface area contributed by atoms with Crippen molar-refractivity contribution < 1.29 is 47.8 Å². The number of rotatable bonds is 18. The van der Waals surface area contributed by atoms with Crippen LogP contribution in [0.1, 0.15) is 45.1 Å². The lowest BCUT2D eigenvalue weighted by Gasteiger charge is -2.25. The van der Waals surface area contributed by atoms with Crippen molar-refractivity contribution >= 4 is 47.5 Å². The Balaban J connectivity index is 1.91. The van der Waals surface area contributed by atoms with E-state index in [1.807, 2.05) is 0 Å². The molecular weight excluding hydrogens is 618 g/mol. The molecule has 1 aromatic carbocycles. The van der Waals surface area contributed by atoms with E-state index in [0.29, 0.717) is 17.7 Å². The van der Waals surface area contributed by atoms with Crippen molar-refractivity contribution in [2.45, 2.75) is 58.2 Å². The van der Waals surface area contributed by atoms with E-state index in [9.17, 15) is 33.6 Å². The Kier molecular flexibility index (Phi) is 15.9. The van der Waals surface area contributed by atoms with Gasteiger partial charge in [-0.3, -0.25) is 24.1 Å².